The number of hydrogen-bond donors (Lipinski definition) is 2. The highest BCUT2D eigenvalue weighted by Gasteiger charge is 2.51. The van der Waals surface area contributed by atoms with Crippen LogP contribution in [0.1, 0.15) is 29.5 Å². The van der Waals surface area contributed by atoms with Crippen molar-refractivity contribution in [3.63, 3.8) is 0 Å². The molecule has 3 N–H and O–H groups in total. The molecule has 2 atom stereocenters. The van der Waals surface area contributed by atoms with Gasteiger partial charge in [0.25, 0.3) is 0 Å². The number of ether oxygens (including phenoxy) is 1. The number of carbonyl (C=O) groups is 1. The van der Waals surface area contributed by atoms with E-state index < -0.39 is 6.03 Å². The fraction of sp³-hybridized carbons (Fsp3) is 0.444. The molecule has 2 heterocycles. The Morgan fingerprint density at radius 3 is 3.12 bits per heavy atom. The van der Waals surface area contributed by atoms with Crippen molar-refractivity contribution < 1.29 is 9.53 Å². The van der Waals surface area contributed by atoms with Crippen molar-refractivity contribution in [3.8, 4) is 5.75 Å². The number of amides is 2. The van der Waals surface area contributed by atoms with Gasteiger partial charge in [-0.3, -0.25) is 0 Å². The minimum Gasteiger partial charge on any atom is -0.488 e. The topological polar surface area (TPSA) is 80.0 Å². The Morgan fingerprint density at radius 2 is 2.33 bits per heavy atom. The van der Waals surface area contributed by atoms with Gasteiger partial charge in [0.05, 0.1) is 11.1 Å². The summed E-state index contributed by atoms with van der Waals surface area (Å²) in [4.78, 5) is 13.2. The fourth-order valence-electron chi connectivity index (χ4n) is 4.23. The van der Waals surface area contributed by atoms with Crippen molar-refractivity contribution in [2.24, 2.45) is 10.8 Å². The second-order valence-electron chi connectivity index (χ2n) is 7.05. The molecule has 0 aromatic heterocycles. The summed E-state index contributed by atoms with van der Waals surface area (Å²) in [6.07, 6.45) is 5.91. The summed E-state index contributed by atoms with van der Waals surface area (Å²) in [5.74, 6) is 0.999. The first kappa shape index (κ1) is 15.2. The van der Waals surface area contributed by atoms with Crippen LogP contribution in [0.2, 0.25) is 0 Å². The van der Waals surface area contributed by atoms with E-state index in [1.807, 2.05) is 6.08 Å². The third-order valence-corrected chi connectivity index (χ3v) is 5.26. The van der Waals surface area contributed by atoms with Crippen LogP contribution in [-0.4, -0.2) is 36.3 Å². The van der Waals surface area contributed by atoms with Crippen LogP contribution in [-0.2, 0) is 12.0 Å². The zero-order valence-electron chi connectivity index (χ0n) is 14.0. The van der Waals surface area contributed by atoms with Gasteiger partial charge in [0.15, 0.2) is 0 Å². The predicted octanol–water partition coefficient (Wildman–Crippen LogP) is 1.81. The third kappa shape index (κ3) is 2.29. The van der Waals surface area contributed by atoms with Crippen molar-refractivity contribution in [1.82, 2.24) is 10.3 Å². The smallest absolute Gasteiger partial charge is 0.332 e. The molecule has 6 heteroatoms. The molecule has 2 aliphatic heterocycles. The number of allylic oxidation sites excluding steroid dienone is 1. The van der Waals surface area contributed by atoms with E-state index in [1.54, 1.807) is 0 Å². The van der Waals surface area contributed by atoms with E-state index in [0.29, 0.717) is 6.42 Å². The third-order valence-electron chi connectivity index (χ3n) is 5.26. The molecule has 0 radical (unpaired) electrons. The summed E-state index contributed by atoms with van der Waals surface area (Å²) in [5, 5.41) is 4.08. The standard InChI is InChI=1S/C18H22N4O2/c1-11-7-12-10-22(2)6-5-18-4-3-13(20-21-17(19)23)9-15(18)24-14(8-11)16(12)18/h3-4,7-8,15H,5-6,9-10H2,1-2H3,(H3,19,21,23)/b20-13+/t15?,18-/m0/s1. The van der Waals surface area contributed by atoms with Gasteiger partial charge in [-0.05, 0) is 50.2 Å². The lowest BCUT2D eigenvalue weighted by Crippen LogP contribution is -2.42. The van der Waals surface area contributed by atoms with Gasteiger partial charge in [0, 0.05) is 18.5 Å². The molecular formula is C18H22N4O2. The lowest BCUT2D eigenvalue weighted by molar-refractivity contribution is 0.161. The van der Waals surface area contributed by atoms with Crippen molar-refractivity contribution in [2.75, 3.05) is 13.6 Å². The Hall–Kier alpha value is -2.34. The summed E-state index contributed by atoms with van der Waals surface area (Å²) < 4.78 is 6.34. The first-order valence-electron chi connectivity index (χ1n) is 8.28. The molecule has 126 valence electrons. The summed E-state index contributed by atoms with van der Waals surface area (Å²) in [7, 11) is 2.17. The maximum absolute atomic E-state index is 10.9. The number of hydrogen-bond acceptors (Lipinski definition) is 4. The number of nitrogens with one attached hydrogen (secondary N) is 1. The van der Waals surface area contributed by atoms with Crippen LogP contribution in [0.25, 0.3) is 0 Å². The Kier molecular flexibility index (Phi) is 3.38. The second kappa shape index (κ2) is 5.34. The molecular weight excluding hydrogens is 304 g/mol. The highest BCUT2D eigenvalue weighted by Crippen LogP contribution is 2.52. The zero-order chi connectivity index (χ0) is 16.9. The van der Waals surface area contributed by atoms with E-state index in [1.165, 1.54) is 16.7 Å². The molecule has 1 aromatic carbocycles. The average molecular weight is 326 g/mol. The number of aryl methyl sites for hydroxylation is 1. The lowest BCUT2D eigenvalue weighted by atomic mass is 9.69. The number of primary amides is 1. The highest BCUT2D eigenvalue weighted by molar-refractivity contribution is 5.97. The number of nitrogens with two attached hydrogens (primary N) is 1. The summed E-state index contributed by atoms with van der Waals surface area (Å²) in [6.45, 7) is 4.07. The number of carbonyl (C=O) groups excluding carboxylic acids is 1. The average Bonchev–Trinajstić information content (AvgIpc) is 2.76. The van der Waals surface area contributed by atoms with Gasteiger partial charge in [-0.25, -0.2) is 10.2 Å². The van der Waals surface area contributed by atoms with Gasteiger partial charge in [-0.2, -0.15) is 5.10 Å². The van der Waals surface area contributed by atoms with Crippen LogP contribution in [0.3, 0.4) is 0 Å². The number of nitrogens with zero attached hydrogens (tertiary/aromatic N) is 2. The fourth-order valence-corrected chi connectivity index (χ4v) is 4.23. The van der Waals surface area contributed by atoms with E-state index in [4.69, 9.17) is 10.5 Å². The first-order chi connectivity index (χ1) is 11.5. The highest BCUT2D eigenvalue weighted by atomic mass is 16.5. The van der Waals surface area contributed by atoms with E-state index in [9.17, 15) is 4.79 Å². The van der Waals surface area contributed by atoms with Crippen molar-refractivity contribution in [1.29, 1.82) is 0 Å². The normalized spacial score (nSPS) is 29.6. The van der Waals surface area contributed by atoms with Crippen LogP contribution in [0, 0.1) is 6.92 Å². The molecule has 1 unspecified atom stereocenters. The van der Waals surface area contributed by atoms with Gasteiger partial charge >= 0.3 is 6.03 Å². The molecule has 6 nitrogen and oxygen atoms in total. The van der Waals surface area contributed by atoms with E-state index in [-0.39, 0.29) is 11.5 Å². The molecule has 1 aromatic rings. The Labute approximate surface area is 141 Å². The number of urea groups is 1. The summed E-state index contributed by atoms with van der Waals surface area (Å²) >= 11 is 0. The number of hydrazone groups is 1. The Balaban J connectivity index is 1.79. The molecule has 0 saturated heterocycles. The number of benzene rings is 1. The predicted molar refractivity (Wildman–Crippen MR) is 92.1 cm³/mol. The first-order valence-corrected chi connectivity index (χ1v) is 8.28. The van der Waals surface area contributed by atoms with Crippen LogP contribution >= 0.6 is 0 Å². The van der Waals surface area contributed by atoms with E-state index in [2.05, 4.69) is 47.6 Å². The molecule has 1 aliphatic carbocycles. The molecule has 1 spiro atoms. The molecule has 0 bridgehead atoms. The SMILES string of the molecule is Cc1cc2c3c(c1)OC1C/C(=N/NC(N)=O)C=C[C@@]31CCN(C)C2. The minimum atomic E-state index is -0.652. The largest absolute Gasteiger partial charge is 0.488 e. The minimum absolute atomic E-state index is 0.0120. The van der Waals surface area contributed by atoms with Crippen molar-refractivity contribution in [2.45, 2.75) is 37.8 Å². The molecule has 24 heavy (non-hydrogen) atoms. The van der Waals surface area contributed by atoms with Crippen LogP contribution < -0.4 is 15.9 Å². The van der Waals surface area contributed by atoms with Crippen molar-refractivity contribution in [3.05, 3.63) is 41.0 Å². The van der Waals surface area contributed by atoms with Crippen LogP contribution in [0.15, 0.2) is 29.4 Å². The van der Waals surface area contributed by atoms with Crippen LogP contribution in [0.4, 0.5) is 4.79 Å². The quantitative estimate of drug-likeness (QED) is 0.773. The monoisotopic (exact) mass is 326 g/mol. The molecule has 2 amide bonds. The van der Waals surface area contributed by atoms with E-state index >= 15 is 0 Å². The maximum Gasteiger partial charge on any atom is 0.332 e. The molecule has 3 aliphatic rings. The van der Waals surface area contributed by atoms with Crippen molar-refractivity contribution >= 4 is 11.7 Å². The Morgan fingerprint density at radius 1 is 1.50 bits per heavy atom. The van der Waals surface area contributed by atoms with E-state index in [0.717, 1.165) is 31.0 Å². The second-order valence-corrected chi connectivity index (χ2v) is 7.05. The molecule has 0 saturated carbocycles. The van der Waals surface area contributed by atoms with Gasteiger partial charge in [-0.1, -0.05) is 12.1 Å². The summed E-state index contributed by atoms with van der Waals surface area (Å²) in [6, 6.07) is 3.76. The van der Waals surface area contributed by atoms with Gasteiger partial charge in [-0.15, -0.1) is 0 Å². The van der Waals surface area contributed by atoms with Gasteiger partial charge in [0.1, 0.15) is 11.9 Å². The zero-order valence-corrected chi connectivity index (χ0v) is 14.0. The van der Waals surface area contributed by atoms with Gasteiger partial charge in [0.2, 0.25) is 0 Å². The van der Waals surface area contributed by atoms with Crippen LogP contribution in [0.5, 0.6) is 5.75 Å². The summed E-state index contributed by atoms with van der Waals surface area (Å²) in [5.41, 5.74) is 12.0. The van der Waals surface area contributed by atoms with Gasteiger partial charge < -0.3 is 15.4 Å². The maximum atomic E-state index is 10.9. The lowest BCUT2D eigenvalue weighted by Gasteiger charge is -2.34. The molecule has 4 rings (SSSR count). The molecule has 0 fully saturated rings. The number of rotatable bonds is 1. The Bertz CT molecular complexity index is 771.